The normalized spacial score (nSPS) is 14.5. The first-order chi connectivity index (χ1) is 13.2. The van der Waals surface area contributed by atoms with E-state index in [0.29, 0.717) is 0 Å². The molecule has 4 rings (SSSR count). The molecule has 0 fully saturated rings. The summed E-state index contributed by atoms with van der Waals surface area (Å²) in [5, 5.41) is 12.5. The Bertz CT molecular complexity index is 931. The Labute approximate surface area is 173 Å². The average molecular weight is 422 g/mol. The van der Waals surface area contributed by atoms with Crippen LogP contribution in [0.15, 0.2) is 10.3 Å². The van der Waals surface area contributed by atoms with Crippen LogP contribution in [-0.4, -0.2) is 56.6 Å². The lowest BCUT2D eigenvalue weighted by atomic mass is 9.97. The standard InChI is InChI=1S/C19H27N5S3/c1-4-5-11-25-18-20-17-15(13-8-6-7-9-14(13)27-17)16-21-22-19(24(16)18)26-12-10-23(2)3/h4-12H2,1-3H3. The van der Waals surface area contributed by atoms with Crippen molar-refractivity contribution in [2.45, 2.75) is 55.8 Å². The molecule has 3 aromatic heterocycles. The number of fused-ring (bicyclic) bond motifs is 5. The van der Waals surface area contributed by atoms with Gasteiger partial charge in [0, 0.05) is 22.9 Å². The summed E-state index contributed by atoms with van der Waals surface area (Å²) in [6, 6.07) is 0. The molecule has 0 N–H and O–H groups in total. The Morgan fingerprint density at radius 2 is 1.89 bits per heavy atom. The molecular weight excluding hydrogens is 394 g/mol. The van der Waals surface area contributed by atoms with Gasteiger partial charge in [0.1, 0.15) is 4.83 Å². The number of thiophene rings is 1. The molecule has 0 spiro atoms. The molecule has 0 bridgehead atoms. The van der Waals surface area contributed by atoms with Crippen molar-refractivity contribution in [3.05, 3.63) is 10.4 Å². The highest BCUT2D eigenvalue weighted by Gasteiger charge is 2.23. The molecule has 27 heavy (non-hydrogen) atoms. The molecule has 1 aliphatic carbocycles. The predicted octanol–water partition coefficient (Wildman–Crippen LogP) is 4.76. The van der Waals surface area contributed by atoms with Gasteiger partial charge in [-0.15, -0.1) is 21.5 Å². The Morgan fingerprint density at radius 3 is 2.70 bits per heavy atom. The summed E-state index contributed by atoms with van der Waals surface area (Å²) in [5.41, 5.74) is 2.51. The number of aryl methyl sites for hydroxylation is 2. The topological polar surface area (TPSA) is 46.3 Å². The van der Waals surface area contributed by atoms with Crippen molar-refractivity contribution in [3.8, 4) is 0 Å². The van der Waals surface area contributed by atoms with E-state index >= 15 is 0 Å². The maximum absolute atomic E-state index is 5.10. The largest absolute Gasteiger partial charge is 0.309 e. The van der Waals surface area contributed by atoms with E-state index in [1.165, 1.54) is 47.9 Å². The van der Waals surface area contributed by atoms with Crippen LogP contribution in [0.1, 0.15) is 43.0 Å². The van der Waals surface area contributed by atoms with E-state index in [4.69, 9.17) is 4.98 Å². The highest BCUT2D eigenvalue weighted by Crippen LogP contribution is 2.39. The molecule has 5 nitrogen and oxygen atoms in total. The maximum atomic E-state index is 5.10. The van der Waals surface area contributed by atoms with Crippen LogP contribution in [0.5, 0.6) is 0 Å². The summed E-state index contributed by atoms with van der Waals surface area (Å²) in [4.78, 5) is 9.98. The van der Waals surface area contributed by atoms with Gasteiger partial charge in [-0.2, -0.15) is 0 Å². The van der Waals surface area contributed by atoms with Gasteiger partial charge in [0.2, 0.25) is 0 Å². The zero-order chi connectivity index (χ0) is 18.8. The molecule has 0 aromatic carbocycles. The lowest BCUT2D eigenvalue weighted by Crippen LogP contribution is -2.15. The minimum Gasteiger partial charge on any atom is -0.309 e. The van der Waals surface area contributed by atoms with Gasteiger partial charge in [-0.1, -0.05) is 36.9 Å². The van der Waals surface area contributed by atoms with Crippen molar-refractivity contribution in [3.63, 3.8) is 0 Å². The quantitative estimate of drug-likeness (QED) is 0.297. The molecule has 146 valence electrons. The first kappa shape index (κ1) is 19.5. The second kappa shape index (κ2) is 8.68. The number of hydrogen-bond acceptors (Lipinski definition) is 7. The van der Waals surface area contributed by atoms with E-state index in [1.54, 1.807) is 11.8 Å². The molecule has 0 saturated heterocycles. The van der Waals surface area contributed by atoms with Crippen molar-refractivity contribution in [2.75, 3.05) is 32.1 Å². The molecule has 8 heteroatoms. The van der Waals surface area contributed by atoms with Gasteiger partial charge in [-0.25, -0.2) is 9.38 Å². The molecule has 0 amide bonds. The van der Waals surface area contributed by atoms with E-state index in [2.05, 4.69) is 40.5 Å². The van der Waals surface area contributed by atoms with Crippen molar-refractivity contribution in [1.29, 1.82) is 0 Å². The van der Waals surface area contributed by atoms with Crippen molar-refractivity contribution < 1.29 is 0 Å². The lowest BCUT2D eigenvalue weighted by Gasteiger charge is -2.11. The number of hydrogen-bond donors (Lipinski definition) is 0. The molecule has 0 atom stereocenters. The van der Waals surface area contributed by atoms with Gasteiger partial charge in [0.15, 0.2) is 16.0 Å². The van der Waals surface area contributed by atoms with E-state index in [9.17, 15) is 0 Å². The zero-order valence-electron chi connectivity index (χ0n) is 16.3. The van der Waals surface area contributed by atoms with E-state index < -0.39 is 0 Å². The Morgan fingerprint density at radius 1 is 1.07 bits per heavy atom. The molecular formula is C19H27N5S3. The fourth-order valence-electron chi connectivity index (χ4n) is 3.42. The van der Waals surface area contributed by atoms with Crippen LogP contribution in [0.2, 0.25) is 0 Å². The predicted molar refractivity (Wildman–Crippen MR) is 118 cm³/mol. The summed E-state index contributed by atoms with van der Waals surface area (Å²) in [6.45, 7) is 3.27. The van der Waals surface area contributed by atoms with Gasteiger partial charge in [0.25, 0.3) is 0 Å². The average Bonchev–Trinajstić information content (AvgIpc) is 3.22. The monoisotopic (exact) mass is 421 g/mol. The highest BCUT2D eigenvalue weighted by molar-refractivity contribution is 7.99. The second-order valence-electron chi connectivity index (χ2n) is 7.28. The van der Waals surface area contributed by atoms with Gasteiger partial charge in [-0.3, -0.25) is 0 Å². The van der Waals surface area contributed by atoms with Crippen molar-refractivity contribution in [2.24, 2.45) is 0 Å². The molecule has 0 unspecified atom stereocenters. The Balaban J connectivity index is 1.79. The van der Waals surface area contributed by atoms with Crippen LogP contribution in [0.4, 0.5) is 0 Å². The number of thioether (sulfide) groups is 2. The summed E-state index contributed by atoms with van der Waals surface area (Å²) in [7, 11) is 4.22. The van der Waals surface area contributed by atoms with E-state index in [-0.39, 0.29) is 0 Å². The van der Waals surface area contributed by atoms with Gasteiger partial charge in [0.05, 0.1) is 5.39 Å². The maximum Gasteiger partial charge on any atom is 0.197 e. The SMILES string of the molecule is CCCCSc1nc2sc3c(c2c2nnc(SCCN(C)C)n12)CCCC3. The smallest absolute Gasteiger partial charge is 0.197 e. The molecule has 1 aliphatic rings. The summed E-state index contributed by atoms with van der Waals surface area (Å²) in [5.74, 6) is 2.10. The molecule has 3 aromatic rings. The number of unbranched alkanes of at least 4 members (excludes halogenated alkanes) is 1. The minimum absolute atomic E-state index is 0.982. The van der Waals surface area contributed by atoms with E-state index in [0.717, 1.165) is 45.3 Å². The van der Waals surface area contributed by atoms with Gasteiger partial charge >= 0.3 is 0 Å². The number of aromatic nitrogens is 4. The summed E-state index contributed by atoms with van der Waals surface area (Å²) in [6.07, 6.45) is 7.34. The molecule has 0 radical (unpaired) electrons. The third-order valence-corrected chi connectivity index (χ3v) is 8.02. The van der Waals surface area contributed by atoms with Crippen molar-refractivity contribution in [1.82, 2.24) is 24.5 Å². The summed E-state index contributed by atoms with van der Waals surface area (Å²) >= 11 is 5.51. The third kappa shape index (κ3) is 3.99. The van der Waals surface area contributed by atoms with Gasteiger partial charge < -0.3 is 4.90 Å². The van der Waals surface area contributed by atoms with Crippen LogP contribution in [0.3, 0.4) is 0 Å². The zero-order valence-corrected chi connectivity index (χ0v) is 18.8. The van der Waals surface area contributed by atoms with Crippen LogP contribution in [-0.2, 0) is 12.8 Å². The minimum atomic E-state index is 0.982. The van der Waals surface area contributed by atoms with Gasteiger partial charge in [-0.05, 0) is 51.8 Å². The Kier molecular flexibility index (Phi) is 6.26. The highest BCUT2D eigenvalue weighted by atomic mass is 32.2. The first-order valence-electron chi connectivity index (χ1n) is 9.78. The van der Waals surface area contributed by atoms with Crippen LogP contribution in [0, 0.1) is 0 Å². The number of rotatable bonds is 8. The number of nitrogens with zero attached hydrogens (tertiary/aromatic N) is 5. The molecule has 3 heterocycles. The van der Waals surface area contributed by atoms with Crippen LogP contribution >= 0.6 is 34.9 Å². The van der Waals surface area contributed by atoms with Crippen LogP contribution in [0.25, 0.3) is 15.9 Å². The summed E-state index contributed by atoms with van der Waals surface area (Å²) < 4.78 is 2.23. The fourth-order valence-corrected chi connectivity index (χ4v) is 6.90. The molecule has 0 saturated carbocycles. The fraction of sp³-hybridized carbons (Fsp3) is 0.632. The van der Waals surface area contributed by atoms with Crippen molar-refractivity contribution >= 4 is 50.7 Å². The lowest BCUT2D eigenvalue weighted by molar-refractivity contribution is 0.437. The Hall–Kier alpha value is -0.830. The second-order valence-corrected chi connectivity index (χ2v) is 10.5. The molecule has 0 aliphatic heterocycles. The van der Waals surface area contributed by atoms with E-state index in [1.807, 2.05) is 23.1 Å². The first-order valence-corrected chi connectivity index (χ1v) is 12.6. The third-order valence-electron chi connectivity index (χ3n) is 4.90. The van der Waals surface area contributed by atoms with Crippen LogP contribution < -0.4 is 0 Å².